The van der Waals surface area contributed by atoms with E-state index in [1.807, 2.05) is 0 Å². The molecule has 1 unspecified atom stereocenters. The number of nitrogens with zero attached hydrogens (tertiary/aromatic N) is 1. The molecule has 2 amide bonds. The molecule has 0 saturated heterocycles. The van der Waals surface area contributed by atoms with E-state index in [0.717, 1.165) is 5.69 Å². The van der Waals surface area contributed by atoms with Crippen LogP contribution in [0, 0.1) is 0 Å². The van der Waals surface area contributed by atoms with Crippen molar-refractivity contribution in [2.24, 2.45) is 0 Å². The average molecular weight is 256 g/mol. The van der Waals surface area contributed by atoms with E-state index in [2.05, 4.69) is 20.6 Å². The summed E-state index contributed by atoms with van der Waals surface area (Å²) in [6, 6.07) is -1.66. The van der Waals surface area contributed by atoms with E-state index in [-0.39, 0.29) is 13.0 Å². The Labute approximate surface area is 103 Å². The Morgan fingerprint density at radius 3 is 2.83 bits per heavy atom. The number of aliphatic carboxylic acids is 1. The Morgan fingerprint density at radius 1 is 1.50 bits per heavy atom. The van der Waals surface area contributed by atoms with Gasteiger partial charge in [-0.1, -0.05) is 0 Å². The SMILES string of the molecule is O=C(NCCc1cnc[nH]1)NC(CCO)C(=O)O. The third kappa shape index (κ3) is 4.83. The molecule has 0 aliphatic heterocycles. The summed E-state index contributed by atoms with van der Waals surface area (Å²) >= 11 is 0. The van der Waals surface area contributed by atoms with E-state index < -0.39 is 18.0 Å². The molecule has 0 radical (unpaired) electrons. The van der Waals surface area contributed by atoms with Gasteiger partial charge in [-0.25, -0.2) is 14.6 Å². The Morgan fingerprint density at radius 2 is 2.28 bits per heavy atom. The van der Waals surface area contributed by atoms with Crippen LogP contribution in [0.2, 0.25) is 0 Å². The zero-order valence-corrected chi connectivity index (χ0v) is 9.72. The Kier molecular flexibility index (Phi) is 5.65. The molecule has 0 aliphatic rings. The number of carbonyl (C=O) groups is 2. The number of carbonyl (C=O) groups excluding carboxylic acids is 1. The Balaban J connectivity index is 2.25. The summed E-state index contributed by atoms with van der Waals surface area (Å²) < 4.78 is 0. The highest BCUT2D eigenvalue weighted by molar-refractivity contribution is 5.82. The van der Waals surface area contributed by atoms with Crippen LogP contribution in [-0.4, -0.2) is 51.4 Å². The maximum Gasteiger partial charge on any atom is 0.326 e. The van der Waals surface area contributed by atoms with Crippen LogP contribution in [0.25, 0.3) is 0 Å². The van der Waals surface area contributed by atoms with Gasteiger partial charge in [0.15, 0.2) is 0 Å². The Bertz CT molecular complexity index is 379. The second-order valence-corrected chi connectivity index (χ2v) is 3.63. The molecule has 1 rings (SSSR count). The van der Waals surface area contributed by atoms with E-state index in [9.17, 15) is 9.59 Å². The number of amides is 2. The number of rotatable bonds is 7. The molecule has 0 fully saturated rings. The summed E-state index contributed by atoms with van der Waals surface area (Å²) in [4.78, 5) is 28.8. The van der Waals surface area contributed by atoms with Gasteiger partial charge in [-0.15, -0.1) is 0 Å². The lowest BCUT2D eigenvalue weighted by Crippen LogP contribution is -2.46. The molecular formula is C10H16N4O4. The molecule has 1 aromatic heterocycles. The summed E-state index contributed by atoms with van der Waals surface area (Å²) in [5.74, 6) is -1.17. The molecule has 0 spiro atoms. The van der Waals surface area contributed by atoms with Gasteiger partial charge in [-0.3, -0.25) is 0 Å². The number of aliphatic hydroxyl groups excluding tert-OH is 1. The lowest BCUT2D eigenvalue weighted by atomic mass is 10.2. The van der Waals surface area contributed by atoms with Crippen LogP contribution in [0.5, 0.6) is 0 Å². The van der Waals surface area contributed by atoms with Gasteiger partial charge in [-0.05, 0) is 0 Å². The van der Waals surface area contributed by atoms with Crippen LogP contribution >= 0.6 is 0 Å². The maximum absolute atomic E-state index is 11.4. The van der Waals surface area contributed by atoms with Crippen molar-refractivity contribution in [2.45, 2.75) is 18.9 Å². The van der Waals surface area contributed by atoms with Gasteiger partial charge in [0.2, 0.25) is 0 Å². The number of hydrogen-bond acceptors (Lipinski definition) is 4. The first-order valence-corrected chi connectivity index (χ1v) is 5.48. The molecule has 1 heterocycles. The molecule has 0 bridgehead atoms. The molecule has 0 saturated carbocycles. The predicted molar refractivity (Wildman–Crippen MR) is 62.0 cm³/mol. The van der Waals surface area contributed by atoms with E-state index in [4.69, 9.17) is 10.2 Å². The number of urea groups is 1. The number of nitrogens with one attached hydrogen (secondary N) is 3. The molecule has 8 nitrogen and oxygen atoms in total. The molecule has 1 atom stereocenters. The van der Waals surface area contributed by atoms with Crippen LogP contribution in [0.1, 0.15) is 12.1 Å². The van der Waals surface area contributed by atoms with Crippen molar-refractivity contribution in [2.75, 3.05) is 13.2 Å². The van der Waals surface area contributed by atoms with Crippen molar-refractivity contribution >= 4 is 12.0 Å². The number of hydrogen-bond donors (Lipinski definition) is 5. The molecule has 100 valence electrons. The van der Waals surface area contributed by atoms with E-state index in [0.29, 0.717) is 13.0 Å². The monoisotopic (exact) mass is 256 g/mol. The van der Waals surface area contributed by atoms with Crippen molar-refractivity contribution in [3.05, 3.63) is 18.2 Å². The van der Waals surface area contributed by atoms with E-state index in [1.165, 1.54) is 6.33 Å². The van der Waals surface area contributed by atoms with Gasteiger partial charge in [0, 0.05) is 37.9 Å². The summed E-state index contributed by atoms with van der Waals surface area (Å²) in [6.07, 6.45) is 3.73. The van der Waals surface area contributed by atoms with Crippen molar-refractivity contribution in [3.8, 4) is 0 Å². The summed E-state index contributed by atoms with van der Waals surface area (Å²) in [5, 5.41) is 22.2. The number of aliphatic hydroxyl groups is 1. The van der Waals surface area contributed by atoms with E-state index in [1.54, 1.807) is 6.20 Å². The van der Waals surface area contributed by atoms with E-state index >= 15 is 0 Å². The first-order valence-electron chi connectivity index (χ1n) is 5.48. The highest BCUT2D eigenvalue weighted by Crippen LogP contribution is 1.92. The highest BCUT2D eigenvalue weighted by Gasteiger charge is 2.18. The number of carboxylic acids is 1. The maximum atomic E-state index is 11.4. The average Bonchev–Trinajstić information content (AvgIpc) is 2.81. The second kappa shape index (κ2) is 7.28. The zero-order chi connectivity index (χ0) is 13.4. The number of H-pyrrole nitrogens is 1. The summed E-state index contributed by atoms with van der Waals surface area (Å²) in [6.45, 7) is 0.0604. The molecule has 1 aromatic rings. The van der Waals surface area contributed by atoms with Crippen molar-refractivity contribution in [1.82, 2.24) is 20.6 Å². The van der Waals surface area contributed by atoms with Gasteiger partial charge in [0.05, 0.1) is 6.33 Å². The highest BCUT2D eigenvalue weighted by atomic mass is 16.4. The van der Waals surface area contributed by atoms with Crippen LogP contribution < -0.4 is 10.6 Å². The summed E-state index contributed by atoms with van der Waals surface area (Å²) in [5.41, 5.74) is 0.875. The molecule has 0 aromatic carbocycles. The number of aromatic amines is 1. The quantitative estimate of drug-likeness (QED) is 0.431. The predicted octanol–water partition coefficient (Wildman–Crippen LogP) is -0.913. The fourth-order valence-electron chi connectivity index (χ4n) is 1.33. The smallest absolute Gasteiger partial charge is 0.326 e. The number of aromatic nitrogens is 2. The zero-order valence-electron chi connectivity index (χ0n) is 9.72. The van der Waals surface area contributed by atoms with Crippen molar-refractivity contribution < 1.29 is 19.8 Å². The largest absolute Gasteiger partial charge is 0.480 e. The first-order chi connectivity index (χ1) is 8.63. The molecule has 0 aliphatic carbocycles. The van der Waals surface area contributed by atoms with Crippen LogP contribution in [0.15, 0.2) is 12.5 Å². The minimum absolute atomic E-state index is 0.0245. The van der Waals surface area contributed by atoms with Gasteiger partial charge in [0.1, 0.15) is 6.04 Å². The van der Waals surface area contributed by atoms with Crippen LogP contribution in [-0.2, 0) is 11.2 Å². The third-order valence-electron chi connectivity index (χ3n) is 2.26. The third-order valence-corrected chi connectivity index (χ3v) is 2.26. The number of carboxylic acid groups (broad SMARTS) is 1. The van der Waals surface area contributed by atoms with Crippen molar-refractivity contribution in [3.63, 3.8) is 0 Å². The lowest BCUT2D eigenvalue weighted by molar-refractivity contribution is -0.139. The normalized spacial score (nSPS) is 11.8. The fraction of sp³-hybridized carbons (Fsp3) is 0.500. The lowest BCUT2D eigenvalue weighted by Gasteiger charge is -2.13. The Hall–Kier alpha value is -2.09. The standard InChI is InChI=1S/C10H16N4O4/c15-4-2-8(9(16)17)14-10(18)12-3-1-7-5-11-6-13-7/h5-6,8,15H,1-4H2,(H,11,13)(H,16,17)(H2,12,14,18). The second-order valence-electron chi connectivity index (χ2n) is 3.63. The molecular weight excluding hydrogens is 240 g/mol. The van der Waals surface area contributed by atoms with Gasteiger partial charge in [0.25, 0.3) is 0 Å². The van der Waals surface area contributed by atoms with Gasteiger partial charge < -0.3 is 25.8 Å². The first kappa shape index (κ1) is 14.0. The summed E-state index contributed by atoms with van der Waals surface area (Å²) in [7, 11) is 0. The van der Waals surface area contributed by atoms with Crippen LogP contribution in [0.4, 0.5) is 4.79 Å². The molecule has 18 heavy (non-hydrogen) atoms. The van der Waals surface area contributed by atoms with Gasteiger partial charge in [-0.2, -0.15) is 0 Å². The van der Waals surface area contributed by atoms with Crippen molar-refractivity contribution in [1.29, 1.82) is 0 Å². The fourth-order valence-corrected chi connectivity index (χ4v) is 1.33. The minimum atomic E-state index is -1.17. The van der Waals surface area contributed by atoms with Gasteiger partial charge >= 0.3 is 12.0 Å². The van der Waals surface area contributed by atoms with Crippen LogP contribution in [0.3, 0.4) is 0 Å². The minimum Gasteiger partial charge on any atom is -0.480 e. The molecule has 8 heteroatoms. The number of imidazole rings is 1. The topological polar surface area (TPSA) is 127 Å². The molecule has 5 N–H and O–H groups in total.